The van der Waals surface area contributed by atoms with Crippen molar-refractivity contribution in [2.75, 3.05) is 6.26 Å². The third-order valence-corrected chi connectivity index (χ3v) is 2.70. The van der Waals surface area contributed by atoms with Crippen LogP contribution in [0.1, 0.15) is 11.5 Å². The Balaban J connectivity index is 2.07. The second-order valence-corrected chi connectivity index (χ2v) is 3.98. The first kappa shape index (κ1) is 10.9. The highest BCUT2D eigenvalue weighted by atomic mass is 32.2. The number of furan rings is 1. The van der Waals surface area contributed by atoms with Gasteiger partial charge in [0.15, 0.2) is 5.16 Å². The Kier molecular flexibility index (Phi) is 3.40. The zero-order valence-corrected chi connectivity index (χ0v) is 9.58. The number of rotatable bonds is 4. The fourth-order valence-corrected chi connectivity index (χ4v) is 1.61. The maximum absolute atomic E-state index is 11.6. The molecule has 0 amide bonds. The lowest BCUT2D eigenvalue weighted by Crippen LogP contribution is -2.18. The summed E-state index contributed by atoms with van der Waals surface area (Å²) < 4.78 is 5.18. The van der Waals surface area contributed by atoms with E-state index in [2.05, 4.69) is 15.2 Å². The summed E-state index contributed by atoms with van der Waals surface area (Å²) in [4.78, 5) is 14.2. The average molecular weight is 237 g/mol. The molecule has 0 saturated heterocycles. The molecular weight excluding hydrogens is 226 g/mol. The van der Waals surface area contributed by atoms with Crippen molar-refractivity contribution in [3.8, 4) is 0 Å². The number of H-pyrrole nitrogens is 1. The molecule has 84 valence electrons. The molecule has 0 spiro atoms. The average Bonchev–Trinajstić information content (AvgIpc) is 2.80. The van der Waals surface area contributed by atoms with Gasteiger partial charge in [-0.1, -0.05) is 11.8 Å². The van der Waals surface area contributed by atoms with E-state index in [-0.39, 0.29) is 5.56 Å². The van der Waals surface area contributed by atoms with Crippen LogP contribution in [0, 0.1) is 0 Å². The van der Waals surface area contributed by atoms with Gasteiger partial charge in [0.05, 0.1) is 6.26 Å². The summed E-state index contributed by atoms with van der Waals surface area (Å²) in [6.07, 6.45) is 4.64. The zero-order valence-electron chi connectivity index (χ0n) is 8.77. The van der Waals surface area contributed by atoms with Crippen LogP contribution in [0.25, 0.3) is 0 Å². The first-order valence-corrected chi connectivity index (χ1v) is 6.04. The molecule has 2 aromatic heterocycles. The molecule has 0 bridgehead atoms. The smallest absolute Gasteiger partial charge is 0.273 e. The monoisotopic (exact) mass is 237 g/mol. The Morgan fingerprint density at radius 2 is 2.31 bits per heavy atom. The number of nitrogens with zero attached hydrogens (tertiary/aromatic N) is 2. The van der Waals surface area contributed by atoms with Gasteiger partial charge in [0.25, 0.3) is 5.56 Å². The van der Waals surface area contributed by atoms with E-state index in [4.69, 9.17) is 4.42 Å². The van der Waals surface area contributed by atoms with Crippen molar-refractivity contribution in [1.82, 2.24) is 15.2 Å². The number of aromatic nitrogens is 3. The van der Waals surface area contributed by atoms with Gasteiger partial charge in [-0.3, -0.25) is 9.78 Å². The lowest BCUT2D eigenvalue weighted by molar-refractivity contribution is 0.506. The summed E-state index contributed by atoms with van der Waals surface area (Å²) in [7, 11) is 0. The van der Waals surface area contributed by atoms with E-state index < -0.39 is 0 Å². The van der Waals surface area contributed by atoms with Crippen LogP contribution in [-0.2, 0) is 12.8 Å². The van der Waals surface area contributed by atoms with E-state index in [0.29, 0.717) is 23.7 Å². The molecule has 0 radical (unpaired) electrons. The summed E-state index contributed by atoms with van der Waals surface area (Å²) in [6, 6.07) is 3.69. The van der Waals surface area contributed by atoms with Crippen LogP contribution in [0.4, 0.5) is 0 Å². The van der Waals surface area contributed by atoms with Gasteiger partial charge in [-0.25, -0.2) is 0 Å². The van der Waals surface area contributed by atoms with Gasteiger partial charge < -0.3 is 4.42 Å². The first-order chi connectivity index (χ1) is 7.79. The standard InChI is InChI=1S/C10H11N3O2S/c1-16-10-11-9(14)8(12-13-10)5-4-7-3-2-6-15-7/h2-3,6H,4-5H2,1H3,(H,11,13,14). The first-order valence-electron chi connectivity index (χ1n) is 4.82. The van der Waals surface area contributed by atoms with Crippen LogP contribution in [0.15, 0.2) is 32.8 Å². The molecule has 0 aliphatic heterocycles. The highest BCUT2D eigenvalue weighted by Gasteiger charge is 2.05. The topological polar surface area (TPSA) is 71.8 Å². The van der Waals surface area contributed by atoms with Crippen molar-refractivity contribution < 1.29 is 4.42 Å². The summed E-state index contributed by atoms with van der Waals surface area (Å²) >= 11 is 1.36. The molecule has 2 aromatic rings. The Morgan fingerprint density at radius 3 is 2.94 bits per heavy atom. The third kappa shape index (κ3) is 2.52. The van der Waals surface area contributed by atoms with E-state index in [1.165, 1.54) is 11.8 Å². The molecule has 0 aromatic carbocycles. The van der Waals surface area contributed by atoms with Crippen molar-refractivity contribution in [1.29, 1.82) is 0 Å². The minimum absolute atomic E-state index is 0.175. The summed E-state index contributed by atoms with van der Waals surface area (Å²) in [6.45, 7) is 0. The van der Waals surface area contributed by atoms with Crippen molar-refractivity contribution >= 4 is 11.8 Å². The molecule has 0 atom stereocenters. The Morgan fingerprint density at radius 1 is 1.44 bits per heavy atom. The number of aryl methyl sites for hydroxylation is 2. The van der Waals surface area contributed by atoms with E-state index in [9.17, 15) is 4.79 Å². The zero-order chi connectivity index (χ0) is 11.4. The molecule has 0 saturated carbocycles. The fourth-order valence-electron chi connectivity index (χ4n) is 1.30. The number of hydrogen-bond donors (Lipinski definition) is 1. The summed E-state index contributed by atoms with van der Waals surface area (Å²) in [5.74, 6) is 0.843. The quantitative estimate of drug-likeness (QED) is 0.811. The second kappa shape index (κ2) is 4.98. The molecule has 0 aliphatic rings. The highest BCUT2D eigenvalue weighted by molar-refractivity contribution is 7.98. The molecule has 2 rings (SSSR count). The molecule has 5 nitrogen and oxygen atoms in total. The minimum atomic E-state index is -0.175. The van der Waals surface area contributed by atoms with Crippen LogP contribution in [0.2, 0.25) is 0 Å². The van der Waals surface area contributed by atoms with Gasteiger partial charge >= 0.3 is 0 Å². The predicted octanol–water partition coefficient (Wildman–Crippen LogP) is 1.26. The maximum Gasteiger partial charge on any atom is 0.273 e. The molecule has 6 heteroatoms. The van der Waals surface area contributed by atoms with E-state index in [0.717, 1.165) is 5.76 Å². The van der Waals surface area contributed by atoms with Gasteiger partial charge in [0, 0.05) is 12.8 Å². The van der Waals surface area contributed by atoms with Crippen LogP contribution in [0.3, 0.4) is 0 Å². The predicted molar refractivity (Wildman–Crippen MR) is 60.5 cm³/mol. The van der Waals surface area contributed by atoms with Crippen molar-refractivity contribution in [3.63, 3.8) is 0 Å². The maximum atomic E-state index is 11.6. The molecule has 0 aliphatic carbocycles. The van der Waals surface area contributed by atoms with Crippen LogP contribution in [-0.4, -0.2) is 21.4 Å². The molecule has 0 unspecified atom stereocenters. The number of hydrogen-bond acceptors (Lipinski definition) is 5. The minimum Gasteiger partial charge on any atom is -0.469 e. The molecule has 1 N–H and O–H groups in total. The Hall–Kier alpha value is -1.56. The molecule has 2 heterocycles. The van der Waals surface area contributed by atoms with Crippen molar-refractivity contribution in [2.24, 2.45) is 0 Å². The Bertz CT molecular complexity index is 507. The van der Waals surface area contributed by atoms with E-state index in [1.54, 1.807) is 6.26 Å². The number of thioether (sulfide) groups is 1. The van der Waals surface area contributed by atoms with Crippen LogP contribution in [0.5, 0.6) is 0 Å². The lowest BCUT2D eigenvalue weighted by Gasteiger charge is -1.98. The second-order valence-electron chi connectivity index (χ2n) is 3.19. The van der Waals surface area contributed by atoms with Crippen LogP contribution >= 0.6 is 11.8 Å². The fraction of sp³-hybridized carbons (Fsp3) is 0.300. The molecular formula is C10H11N3O2S. The van der Waals surface area contributed by atoms with Gasteiger partial charge in [-0.15, -0.1) is 10.2 Å². The Labute approximate surface area is 96.3 Å². The van der Waals surface area contributed by atoms with Gasteiger partial charge in [-0.05, 0) is 18.4 Å². The SMILES string of the molecule is CSc1nnc(CCc2ccco2)c(=O)[nH]1. The molecule has 0 fully saturated rings. The normalized spacial score (nSPS) is 10.6. The largest absolute Gasteiger partial charge is 0.469 e. The van der Waals surface area contributed by atoms with E-state index in [1.807, 2.05) is 18.4 Å². The number of nitrogens with one attached hydrogen (secondary N) is 1. The van der Waals surface area contributed by atoms with E-state index >= 15 is 0 Å². The van der Waals surface area contributed by atoms with Crippen molar-refractivity contribution in [3.05, 3.63) is 40.2 Å². The third-order valence-electron chi connectivity index (χ3n) is 2.13. The lowest BCUT2D eigenvalue weighted by atomic mass is 10.2. The molecule has 16 heavy (non-hydrogen) atoms. The van der Waals surface area contributed by atoms with Gasteiger partial charge in [-0.2, -0.15) is 0 Å². The number of aromatic amines is 1. The summed E-state index contributed by atoms with van der Waals surface area (Å²) in [5.41, 5.74) is 0.264. The van der Waals surface area contributed by atoms with Gasteiger partial charge in [0.2, 0.25) is 0 Å². The van der Waals surface area contributed by atoms with Crippen molar-refractivity contribution in [2.45, 2.75) is 18.0 Å². The summed E-state index contributed by atoms with van der Waals surface area (Å²) in [5, 5.41) is 8.31. The highest BCUT2D eigenvalue weighted by Crippen LogP contribution is 2.05. The van der Waals surface area contributed by atoms with Gasteiger partial charge in [0.1, 0.15) is 11.5 Å². The van der Waals surface area contributed by atoms with Crippen LogP contribution < -0.4 is 5.56 Å².